The Morgan fingerprint density at radius 1 is 1.29 bits per heavy atom. The molecule has 0 bridgehead atoms. The predicted molar refractivity (Wildman–Crippen MR) is 63.1 cm³/mol. The number of anilines is 1. The van der Waals surface area contributed by atoms with E-state index >= 15 is 0 Å². The van der Waals surface area contributed by atoms with E-state index in [2.05, 4.69) is 5.32 Å². The highest BCUT2D eigenvalue weighted by atomic mass is 16.2. The van der Waals surface area contributed by atoms with E-state index in [-0.39, 0.29) is 18.0 Å². The number of amides is 1. The third kappa shape index (κ3) is 3.60. The van der Waals surface area contributed by atoms with Crippen LogP contribution in [0.2, 0.25) is 0 Å². The number of hydrogen-bond donors (Lipinski definition) is 1. The lowest BCUT2D eigenvalue weighted by Crippen LogP contribution is -2.27. The first kappa shape index (κ1) is 12.7. The molecular formula is C12H12N4O. The minimum absolute atomic E-state index is 0.163. The summed E-state index contributed by atoms with van der Waals surface area (Å²) < 4.78 is 0. The number of rotatable bonds is 3. The maximum Gasteiger partial charge on any atom is 0.238 e. The molecule has 1 rings (SSSR count). The molecule has 0 aliphatic heterocycles. The molecule has 1 amide bonds. The maximum atomic E-state index is 11.5. The largest absolute Gasteiger partial charge is 0.325 e. The van der Waals surface area contributed by atoms with E-state index in [1.54, 1.807) is 25.1 Å². The van der Waals surface area contributed by atoms with Crippen molar-refractivity contribution in [3.05, 3.63) is 29.3 Å². The fourth-order valence-corrected chi connectivity index (χ4v) is 1.30. The minimum Gasteiger partial charge on any atom is -0.325 e. The summed E-state index contributed by atoms with van der Waals surface area (Å²) in [5.74, 6) is -0.163. The minimum atomic E-state index is -0.163. The first-order chi connectivity index (χ1) is 8.06. The third-order valence-corrected chi connectivity index (χ3v) is 2.00. The highest BCUT2D eigenvalue weighted by Crippen LogP contribution is 2.14. The van der Waals surface area contributed by atoms with Crippen LogP contribution in [-0.4, -0.2) is 31.4 Å². The highest BCUT2D eigenvalue weighted by molar-refractivity contribution is 5.92. The zero-order valence-electron chi connectivity index (χ0n) is 9.69. The zero-order valence-corrected chi connectivity index (χ0v) is 9.69. The van der Waals surface area contributed by atoms with Gasteiger partial charge in [-0.2, -0.15) is 10.5 Å². The molecular weight excluding hydrogens is 216 g/mol. The van der Waals surface area contributed by atoms with Crippen LogP contribution in [0.25, 0.3) is 0 Å². The molecule has 0 fully saturated rings. The van der Waals surface area contributed by atoms with Gasteiger partial charge in [-0.1, -0.05) is 0 Å². The van der Waals surface area contributed by atoms with Crippen molar-refractivity contribution in [1.82, 2.24) is 4.90 Å². The van der Waals surface area contributed by atoms with Gasteiger partial charge < -0.3 is 10.2 Å². The number of hydrogen-bond acceptors (Lipinski definition) is 4. The number of likely N-dealkylation sites (N-methyl/N-ethyl adjacent to an activating group) is 1. The SMILES string of the molecule is CN(C)CC(=O)Nc1ccc(C#N)c(C#N)c1. The van der Waals surface area contributed by atoms with Crippen LogP contribution in [0.5, 0.6) is 0 Å². The van der Waals surface area contributed by atoms with Crippen LogP contribution >= 0.6 is 0 Å². The Morgan fingerprint density at radius 2 is 1.94 bits per heavy atom. The predicted octanol–water partition coefficient (Wildman–Crippen LogP) is 0.930. The molecule has 5 heteroatoms. The fraction of sp³-hybridized carbons (Fsp3) is 0.250. The van der Waals surface area contributed by atoms with Crippen LogP contribution in [0.4, 0.5) is 5.69 Å². The summed E-state index contributed by atoms with van der Waals surface area (Å²) in [6, 6.07) is 8.45. The lowest BCUT2D eigenvalue weighted by molar-refractivity contribution is -0.116. The topological polar surface area (TPSA) is 79.9 Å². The summed E-state index contributed by atoms with van der Waals surface area (Å²) in [5.41, 5.74) is 1.08. The van der Waals surface area contributed by atoms with Gasteiger partial charge in [0, 0.05) is 5.69 Å². The first-order valence-corrected chi connectivity index (χ1v) is 4.95. The fourth-order valence-electron chi connectivity index (χ4n) is 1.30. The molecule has 0 aromatic heterocycles. The van der Waals surface area contributed by atoms with Crippen LogP contribution in [0.3, 0.4) is 0 Å². The van der Waals surface area contributed by atoms with E-state index in [1.165, 1.54) is 12.1 Å². The second-order valence-corrected chi connectivity index (χ2v) is 3.77. The van der Waals surface area contributed by atoms with Crippen LogP contribution in [0.1, 0.15) is 11.1 Å². The average molecular weight is 228 g/mol. The van der Waals surface area contributed by atoms with Crippen molar-refractivity contribution < 1.29 is 4.79 Å². The summed E-state index contributed by atoms with van der Waals surface area (Å²) >= 11 is 0. The van der Waals surface area contributed by atoms with Gasteiger partial charge in [0.15, 0.2) is 0 Å². The molecule has 0 aliphatic rings. The molecule has 1 N–H and O–H groups in total. The molecule has 17 heavy (non-hydrogen) atoms. The number of nitriles is 2. The molecule has 0 atom stereocenters. The molecule has 0 radical (unpaired) electrons. The zero-order chi connectivity index (χ0) is 12.8. The molecule has 86 valence electrons. The number of nitrogens with zero attached hydrogens (tertiary/aromatic N) is 3. The van der Waals surface area contributed by atoms with E-state index in [0.29, 0.717) is 11.3 Å². The van der Waals surface area contributed by atoms with Gasteiger partial charge in [-0.05, 0) is 32.3 Å². The molecule has 0 aliphatic carbocycles. The average Bonchev–Trinajstić information content (AvgIpc) is 2.27. The molecule has 0 spiro atoms. The Bertz CT molecular complexity index is 508. The second kappa shape index (κ2) is 5.64. The summed E-state index contributed by atoms with van der Waals surface area (Å²) in [7, 11) is 3.58. The quantitative estimate of drug-likeness (QED) is 0.834. The number of carbonyl (C=O) groups is 1. The van der Waals surface area contributed by atoms with Crippen molar-refractivity contribution >= 4 is 11.6 Å². The lowest BCUT2D eigenvalue weighted by Gasteiger charge is -2.10. The molecule has 0 saturated carbocycles. The van der Waals surface area contributed by atoms with E-state index in [9.17, 15) is 4.79 Å². The molecule has 0 heterocycles. The van der Waals surface area contributed by atoms with Gasteiger partial charge >= 0.3 is 0 Å². The summed E-state index contributed by atoms with van der Waals surface area (Å²) in [4.78, 5) is 13.2. The van der Waals surface area contributed by atoms with E-state index in [4.69, 9.17) is 10.5 Å². The van der Waals surface area contributed by atoms with Crippen molar-refractivity contribution in [2.75, 3.05) is 26.0 Å². The van der Waals surface area contributed by atoms with Gasteiger partial charge in [0.1, 0.15) is 12.1 Å². The van der Waals surface area contributed by atoms with Crippen LogP contribution in [-0.2, 0) is 4.79 Å². The van der Waals surface area contributed by atoms with Gasteiger partial charge in [0.2, 0.25) is 5.91 Å². The maximum absolute atomic E-state index is 11.5. The molecule has 5 nitrogen and oxygen atoms in total. The Kier molecular flexibility index (Phi) is 4.21. The van der Waals surface area contributed by atoms with Gasteiger partial charge in [-0.3, -0.25) is 4.79 Å². The monoisotopic (exact) mass is 228 g/mol. The van der Waals surface area contributed by atoms with E-state index in [1.807, 2.05) is 12.1 Å². The summed E-state index contributed by atoms with van der Waals surface area (Å²) in [5, 5.41) is 20.2. The Hall–Kier alpha value is -2.37. The Labute approximate surface area is 99.9 Å². The van der Waals surface area contributed by atoms with Gasteiger partial charge in [-0.15, -0.1) is 0 Å². The van der Waals surface area contributed by atoms with E-state index < -0.39 is 0 Å². The molecule has 0 unspecified atom stereocenters. The second-order valence-electron chi connectivity index (χ2n) is 3.77. The third-order valence-electron chi connectivity index (χ3n) is 2.00. The van der Waals surface area contributed by atoms with Gasteiger partial charge in [0.05, 0.1) is 17.7 Å². The van der Waals surface area contributed by atoms with Crippen molar-refractivity contribution in [1.29, 1.82) is 10.5 Å². The van der Waals surface area contributed by atoms with Crippen LogP contribution in [0, 0.1) is 22.7 Å². The van der Waals surface area contributed by atoms with E-state index in [0.717, 1.165) is 0 Å². The van der Waals surface area contributed by atoms with Gasteiger partial charge in [-0.25, -0.2) is 0 Å². The van der Waals surface area contributed by atoms with Crippen molar-refractivity contribution in [2.24, 2.45) is 0 Å². The number of carbonyl (C=O) groups excluding carboxylic acids is 1. The van der Waals surface area contributed by atoms with Crippen molar-refractivity contribution in [2.45, 2.75) is 0 Å². The lowest BCUT2D eigenvalue weighted by atomic mass is 10.1. The first-order valence-electron chi connectivity index (χ1n) is 4.95. The van der Waals surface area contributed by atoms with Crippen LogP contribution < -0.4 is 5.32 Å². The Balaban J connectivity index is 2.85. The van der Waals surface area contributed by atoms with Crippen molar-refractivity contribution in [3.8, 4) is 12.1 Å². The standard InChI is InChI=1S/C12H12N4O/c1-16(2)8-12(17)15-11-4-3-9(6-13)10(5-11)7-14/h3-5H,8H2,1-2H3,(H,15,17). The highest BCUT2D eigenvalue weighted by Gasteiger charge is 2.06. The van der Waals surface area contributed by atoms with Crippen LogP contribution in [0.15, 0.2) is 18.2 Å². The summed E-state index contributed by atoms with van der Waals surface area (Å²) in [6.07, 6.45) is 0. The van der Waals surface area contributed by atoms with Gasteiger partial charge in [0.25, 0.3) is 0 Å². The summed E-state index contributed by atoms with van der Waals surface area (Å²) in [6.45, 7) is 0.266. The smallest absolute Gasteiger partial charge is 0.238 e. The van der Waals surface area contributed by atoms with Crippen molar-refractivity contribution in [3.63, 3.8) is 0 Å². The molecule has 1 aromatic carbocycles. The molecule has 1 aromatic rings. The number of nitrogens with one attached hydrogen (secondary N) is 1. The number of benzene rings is 1. The molecule has 0 saturated heterocycles. The Morgan fingerprint density at radius 3 is 2.47 bits per heavy atom. The normalized spacial score (nSPS) is 9.47.